The number of anilines is 1. The number of rotatable bonds is 2. The predicted octanol–water partition coefficient (Wildman–Crippen LogP) is 2.31. The summed E-state index contributed by atoms with van der Waals surface area (Å²) in [6.45, 7) is 5.41. The Morgan fingerprint density at radius 2 is 2.00 bits per heavy atom. The van der Waals surface area contributed by atoms with Gasteiger partial charge in [-0.15, -0.1) is 0 Å². The number of piperidine rings is 1. The zero-order valence-corrected chi connectivity index (χ0v) is 11.8. The monoisotopic (exact) mass is 264 g/mol. The van der Waals surface area contributed by atoms with Crippen LogP contribution in [0.25, 0.3) is 0 Å². The minimum absolute atomic E-state index is 0.435. The molecule has 0 spiro atoms. The molecular formula is C14H24N4O. The summed E-state index contributed by atoms with van der Waals surface area (Å²) in [5.74, 6) is 2.08. The molecule has 3 heterocycles. The minimum Gasteiger partial charge on any atom is -0.338 e. The molecule has 19 heavy (non-hydrogen) atoms. The first-order valence-corrected chi connectivity index (χ1v) is 7.65. The fourth-order valence-electron chi connectivity index (χ4n) is 3.15. The molecule has 2 aliphatic heterocycles. The summed E-state index contributed by atoms with van der Waals surface area (Å²) >= 11 is 0. The quantitative estimate of drug-likeness (QED) is 0.888. The third-order valence-electron chi connectivity index (χ3n) is 4.29. The first-order chi connectivity index (χ1) is 9.33. The van der Waals surface area contributed by atoms with E-state index in [-0.39, 0.29) is 0 Å². The normalized spacial score (nSPS) is 29.2. The number of nitrogens with zero attached hydrogens (tertiary/aromatic N) is 3. The highest BCUT2D eigenvalue weighted by Gasteiger charge is 2.26. The molecule has 2 unspecified atom stereocenters. The van der Waals surface area contributed by atoms with Crippen LogP contribution in [0.3, 0.4) is 0 Å². The van der Waals surface area contributed by atoms with E-state index in [0.717, 1.165) is 44.3 Å². The fourth-order valence-corrected chi connectivity index (χ4v) is 3.15. The lowest BCUT2D eigenvalue weighted by Crippen LogP contribution is -2.35. The van der Waals surface area contributed by atoms with Crippen LogP contribution in [-0.4, -0.2) is 35.8 Å². The highest BCUT2D eigenvalue weighted by Crippen LogP contribution is 2.28. The number of hydrogen-bond donors (Lipinski definition) is 1. The maximum atomic E-state index is 5.52. The SMILES string of the molecule is CC1CC(c2nc(N3CCCCCC3)no2)CCN1. The summed E-state index contributed by atoms with van der Waals surface area (Å²) in [5.41, 5.74) is 0. The lowest BCUT2D eigenvalue weighted by atomic mass is 9.93. The second kappa shape index (κ2) is 5.90. The van der Waals surface area contributed by atoms with Crippen molar-refractivity contribution >= 4 is 5.95 Å². The molecule has 1 aromatic rings. The Hall–Kier alpha value is -1.10. The van der Waals surface area contributed by atoms with Gasteiger partial charge in [0.05, 0.1) is 0 Å². The molecule has 1 aromatic heterocycles. The molecule has 0 radical (unpaired) electrons. The Morgan fingerprint density at radius 1 is 1.21 bits per heavy atom. The van der Waals surface area contributed by atoms with E-state index in [1.165, 1.54) is 25.7 Å². The highest BCUT2D eigenvalue weighted by molar-refractivity contribution is 5.28. The smallest absolute Gasteiger partial charge is 0.266 e. The van der Waals surface area contributed by atoms with E-state index in [1.54, 1.807) is 0 Å². The van der Waals surface area contributed by atoms with E-state index in [0.29, 0.717) is 12.0 Å². The summed E-state index contributed by atoms with van der Waals surface area (Å²) in [4.78, 5) is 6.94. The van der Waals surface area contributed by atoms with Crippen molar-refractivity contribution in [3.05, 3.63) is 5.89 Å². The second-order valence-electron chi connectivity index (χ2n) is 5.91. The summed E-state index contributed by atoms with van der Waals surface area (Å²) in [6, 6.07) is 0.548. The first kappa shape index (κ1) is 12.9. The zero-order chi connectivity index (χ0) is 13.1. The molecule has 2 aliphatic rings. The van der Waals surface area contributed by atoms with Crippen molar-refractivity contribution in [2.24, 2.45) is 0 Å². The largest absolute Gasteiger partial charge is 0.338 e. The Kier molecular flexibility index (Phi) is 4.01. The van der Waals surface area contributed by atoms with Crippen molar-refractivity contribution in [3.8, 4) is 0 Å². The van der Waals surface area contributed by atoms with E-state index in [4.69, 9.17) is 4.52 Å². The minimum atomic E-state index is 0.435. The molecule has 0 amide bonds. The third-order valence-corrected chi connectivity index (χ3v) is 4.29. The van der Waals surface area contributed by atoms with Crippen LogP contribution in [0.4, 0.5) is 5.95 Å². The predicted molar refractivity (Wildman–Crippen MR) is 74.4 cm³/mol. The van der Waals surface area contributed by atoms with Crippen LogP contribution in [0, 0.1) is 0 Å². The molecule has 1 N–H and O–H groups in total. The molecule has 2 atom stereocenters. The summed E-state index contributed by atoms with van der Waals surface area (Å²) < 4.78 is 5.52. The van der Waals surface area contributed by atoms with Gasteiger partial charge in [0.15, 0.2) is 0 Å². The van der Waals surface area contributed by atoms with Gasteiger partial charge >= 0.3 is 0 Å². The van der Waals surface area contributed by atoms with Crippen LogP contribution >= 0.6 is 0 Å². The first-order valence-electron chi connectivity index (χ1n) is 7.65. The van der Waals surface area contributed by atoms with E-state index in [2.05, 4.69) is 27.3 Å². The van der Waals surface area contributed by atoms with Gasteiger partial charge in [-0.3, -0.25) is 0 Å². The van der Waals surface area contributed by atoms with Gasteiger partial charge in [-0.05, 0) is 44.3 Å². The Balaban J connectivity index is 1.68. The van der Waals surface area contributed by atoms with Gasteiger partial charge in [-0.1, -0.05) is 12.8 Å². The number of hydrogen-bond acceptors (Lipinski definition) is 5. The molecular weight excluding hydrogens is 240 g/mol. The van der Waals surface area contributed by atoms with Gasteiger partial charge in [0.2, 0.25) is 5.89 Å². The molecule has 0 aliphatic carbocycles. The molecule has 2 fully saturated rings. The van der Waals surface area contributed by atoms with Crippen LogP contribution in [0.5, 0.6) is 0 Å². The molecule has 2 saturated heterocycles. The van der Waals surface area contributed by atoms with Crippen molar-refractivity contribution < 1.29 is 4.52 Å². The third kappa shape index (κ3) is 3.08. The Morgan fingerprint density at radius 3 is 2.74 bits per heavy atom. The second-order valence-corrected chi connectivity index (χ2v) is 5.91. The molecule has 5 heteroatoms. The van der Waals surface area contributed by atoms with Gasteiger partial charge in [-0.2, -0.15) is 4.98 Å². The van der Waals surface area contributed by atoms with Crippen molar-refractivity contribution in [2.45, 2.75) is 57.4 Å². The van der Waals surface area contributed by atoms with Crippen LogP contribution in [0.15, 0.2) is 4.52 Å². The molecule has 5 nitrogen and oxygen atoms in total. The Bertz CT molecular complexity index is 381. The number of aromatic nitrogens is 2. The van der Waals surface area contributed by atoms with Gasteiger partial charge in [0, 0.05) is 25.0 Å². The lowest BCUT2D eigenvalue weighted by molar-refractivity contribution is 0.295. The zero-order valence-electron chi connectivity index (χ0n) is 11.8. The van der Waals surface area contributed by atoms with Crippen molar-refractivity contribution in [2.75, 3.05) is 24.5 Å². The molecule has 106 valence electrons. The highest BCUT2D eigenvalue weighted by atomic mass is 16.5. The van der Waals surface area contributed by atoms with Crippen LogP contribution in [0.2, 0.25) is 0 Å². The van der Waals surface area contributed by atoms with Crippen LogP contribution in [0.1, 0.15) is 57.3 Å². The van der Waals surface area contributed by atoms with Gasteiger partial charge in [0.1, 0.15) is 0 Å². The Labute approximate surface area is 114 Å². The topological polar surface area (TPSA) is 54.2 Å². The summed E-state index contributed by atoms with van der Waals surface area (Å²) in [6.07, 6.45) is 7.34. The number of nitrogens with one attached hydrogen (secondary N) is 1. The van der Waals surface area contributed by atoms with Crippen molar-refractivity contribution in [3.63, 3.8) is 0 Å². The summed E-state index contributed by atoms with van der Waals surface area (Å²) in [7, 11) is 0. The van der Waals surface area contributed by atoms with Crippen LogP contribution in [-0.2, 0) is 0 Å². The van der Waals surface area contributed by atoms with E-state index in [1.807, 2.05) is 0 Å². The van der Waals surface area contributed by atoms with Gasteiger partial charge in [-0.25, -0.2) is 0 Å². The van der Waals surface area contributed by atoms with Crippen molar-refractivity contribution in [1.29, 1.82) is 0 Å². The maximum Gasteiger partial charge on any atom is 0.266 e. The molecule has 0 aromatic carbocycles. The summed E-state index contributed by atoms with van der Waals surface area (Å²) in [5, 5.41) is 7.66. The molecule has 0 saturated carbocycles. The van der Waals surface area contributed by atoms with E-state index < -0.39 is 0 Å². The van der Waals surface area contributed by atoms with Gasteiger partial charge < -0.3 is 14.7 Å². The standard InChI is InChI=1S/C14H24N4O/c1-11-10-12(6-7-15-11)13-16-14(17-19-13)18-8-4-2-3-5-9-18/h11-12,15H,2-10H2,1H3. The maximum absolute atomic E-state index is 5.52. The lowest BCUT2D eigenvalue weighted by Gasteiger charge is -2.25. The van der Waals surface area contributed by atoms with Crippen LogP contribution < -0.4 is 10.2 Å². The fraction of sp³-hybridized carbons (Fsp3) is 0.857. The molecule has 3 rings (SSSR count). The average Bonchev–Trinajstić information content (AvgIpc) is 2.75. The molecule has 0 bridgehead atoms. The van der Waals surface area contributed by atoms with E-state index >= 15 is 0 Å². The average molecular weight is 264 g/mol. The van der Waals surface area contributed by atoms with Gasteiger partial charge in [0.25, 0.3) is 5.95 Å². The van der Waals surface area contributed by atoms with Crippen molar-refractivity contribution in [1.82, 2.24) is 15.5 Å². The van der Waals surface area contributed by atoms with E-state index in [9.17, 15) is 0 Å².